The number of rotatable bonds is 2. The van der Waals surface area contributed by atoms with Gasteiger partial charge in [-0.1, -0.05) is 57.9 Å². The fourth-order valence-electron chi connectivity index (χ4n) is 2.17. The molecule has 0 saturated heterocycles. The van der Waals surface area contributed by atoms with Crippen molar-refractivity contribution in [1.29, 1.82) is 0 Å². The van der Waals surface area contributed by atoms with Crippen molar-refractivity contribution < 1.29 is 0 Å². The van der Waals surface area contributed by atoms with E-state index in [1.54, 1.807) is 0 Å². The molecule has 0 spiro atoms. The van der Waals surface area contributed by atoms with Gasteiger partial charge >= 0.3 is 0 Å². The van der Waals surface area contributed by atoms with E-state index in [4.69, 9.17) is 5.73 Å². The van der Waals surface area contributed by atoms with E-state index in [0.717, 1.165) is 10.0 Å². The summed E-state index contributed by atoms with van der Waals surface area (Å²) in [4.78, 5) is 0. The zero-order chi connectivity index (χ0) is 13.3. The summed E-state index contributed by atoms with van der Waals surface area (Å²) in [6, 6.07) is 12.6. The van der Waals surface area contributed by atoms with Gasteiger partial charge in [0.1, 0.15) is 0 Å². The first-order valence-electron chi connectivity index (χ1n) is 6.08. The van der Waals surface area contributed by atoms with E-state index >= 15 is 0 Å². The molecule has 0 bridgehead atoms. The molecule has 2 aromatic rings. The highest BCUT2D eigenvalue weighted by Gasteiger charge is 2.15. The van der Waals surface area contributed by atoms with Crippen LogP contribution in [0.25, 0.3) is 0 Å². The van der Waals surface area contributed by atoms with Gasteiger partial charge in [0.2, 0.25) is 0 Å². The highest BCUT2D eigenvalue weighted by molar-refractivity contribution is 9.10. The van der Waals surface area contributed by atoms with Gasteiger partial charge in [-0.3, -0.25) is 0 Å². The number of hydrogen-bond acceptors (Lipinski definition) is 1. The summed E-state index contributed by atoms with van der Waals surface area (Å²) in [5.41, 5.74) is 12.5. The molecule has 18 heavy (non-hydrogen) atoms. The first-order chi connectivity index (χ1) is 8.50. The van der Waals surface area contributed by atoms with Crippen LogP contribution < -0.4 is 5.73 Å². The van der Waals surface area contributed by atoms with Gasteiger partial charge in [-0.25, -0.2) is 0 Å². The Morgan fingerprint density at radius 3 is 2.39 bits per heavy atom. The van der Waals surface area contributed by atoms with Crippen LogP contribution in [0.3, 0.4) is 0 Å². The monoisotopic (exact) mass is 303 g/mol. The molecule has 2 N–H and O–H groups in total. The lowest BCUT2D eigenvalue weighted by molar-refractivity contribution is 0.852. The normalized spacial score (nSPS) is 12.5. The third-order valence-electron chi connectivity index (χ3n) is 3.33. The van der Waals surface area contributed by atoms with Crippen molar-refractivity contribution in [2.45, 2.75) is 26.8 Å². The van der Waals surface area contributed by atoms with Gasteiger partial charge in [0.05, 0.1) is 6.04 Å². The highest BCUT2D eigenvalue weighted by atomic mass is 79.9. The molecule has 1 unspecified atom stereocenters. The summed E-state index contributed by atoms with van der Waals surface area (Å²) in [5.74, 6) is 0. The van der Waals surface area contributed by atoms with E-state index in [1.165, 1.54) is 22.3 Å². The molecule has 0 aliphatic carbocycles. The zero-order valence-corrected chi connectivity index (χ0v) is 12.6. The van der Waals surface area contributed by atoms with Gasteiger partial charge in [0.15, 0.2) is 0 Å². The topological polar surface area (TPSA) is 26.0 Å². The minimum absolute atomic E-state index is 0.0841. The largest absolute Gasteiger partial charge is 0.320 e. The number of hydrogen-bond donors (Lipinski definition) is 1. The Bertz CT molecular complexity index is 573. The number of nitrogens with two attached hydrogens (primary N) is 1. The lowest BCUT2D eigenvalue weighted by Gasteiger charge is -2.18. The Balaban J connectivity index is 2.51. The van der Waals surface area contributed by atoms with Gasteiger partial charge in [-0.05, 0) is 43.0 Å². The molecule has 2 aromatic carbocycles. The highest BCUT2D eigenvalue weighted by Crippen LogP contribution is 2.30. The third-order valence-corrected chi connectivity index (χ3v) is 4.41. The van der Waals surface area contributed by atoms with Crippen LogP contribution in [0, 0.1) is 20.8 Å². The van der Waals surface area contributed by atoms with Crippen molar-refractivity contribution in [3.05, 3.63) is 68.7 Å². The van der Waals surface area contributed by atoms with Crippen LogP contribution in [-0.2, 0) is 0 Å². The van der Waals surface area contributed by atoms with Gasteiger partial charge in [0, 0.05) is 4.47 Å². The van der Waals surface area contributed by atoms with Crippen molar-refractivity contribution in [3.63, 3.8) is 0 Å². The lowest BCUT2D eigenvalue weighted by Crippen LogP contribution is -2.14. The van der Waals surface area contributed by atoms with Gasteiger partial charge in [-0.15, -0.1) is 0 Å². The maximum atomic E-state index is 6.43. The van der Waals surface area contributed by atoms with Crippen molar-refractivity contribution in [1.82, 2.24) is 0 Å². The summed E-state index contributed by atoms with van der Waals surface area (Å²) >= 11 is 3.64. The molecule has 0 aliphatic heterocycles. The Kier molecular flexibility index (Phi) is 3.88. The Hall–Kier alpha value is -1.12. The fraction of sp³-hybridized carbons (Fsp3) is 0.250. The Morgan fingerprint density at radius 2 is 1.67 bits per heavy atom. The maximum absolute atomic E-state index is 6.43. The third kappa shape index (κ3) is 2.50. The van der Waals surface area contributed by atoms with Crippen LogP contribution in [0.5, 0.6) is 0 Å². The average molecular weight is 304 g/mol. The van der Waals surface area contributed by atoms with E-state index in [9.17, 15) is 0 Å². The predicted octanol–water partition coefficient (Wildman–Crippen LogP) is 4.42. The van der Waals surface area contributed by atoms with Crippen molar-refractivity contribution >= 4 is 15.9 Å². The van der Waals surface area contributed by atoms with E-state index in [1.807, 2.05) is 0 Å². The van der Waals surface area contributed by atoms with Crippen molar-refractivity contribution in [2.24, 2.45) is 5.73 Å². The molecule has 2 rings (SSSR count). The second kappa shape index (κ2) is 5.25. The molecule has 0 heterocycles. The molecule has 0 amide bonds. The van der Waals surface area contributed by atoms with Crippen LogP contribution >= 0.6 is 15.9 Å². The number of aryl methyl sites for hydroxylation is 3. The smallest absolute Gasteiger partial charge is 0.0565 e. The summed E-state index contributed by atoms with van der Waals surface area (Å²) in [5, 5.41) is 0. The van der Waals surface area contributed by atoms with Crippen LogP contribution in [0.15, 0.2) is 40.9 Å². The molecule has 1 nitrogen and oxygen atoms in total. The first kappa shape index (κ1) is 13.3. The average Bonchev–Trinajstić information content (AvgIpc) is 2.35. The second-order valence-corrected chi connectivity index (χ2v) is 5.61. The number of halogens is 1. The molecule has 0 radical (unpaired) electrons. The van der Waals surface area contributed by atoms with E-state index in [0.29, 0.717) is 0 Å². The summed E-state index contributed by atoms with van der Waals surface area (Å²) in [6.45, 7) is 6.29. The van der Waals surface area contributed by atoms with Crippen molar-refractivity contribution in [3.8, 4) is 0 Å². The van der Waals surface area contributed by atoms with Crippen LogP contribution in [0.4, 0.5) is 0 Å². The molecule has 0 aromatic heterocycles. The van der Waals surface area contributed by atoms with E-state index in [2.05, 4.69) is 73.1 Å². The molecule has 1 atom stereocenters. The fourth-order valence-corrected chi connectivity index (χ4v) is 2.68. The van der Waals surface area contributed by atoms with Crippen LogP contribution in [-0.4, -0.2) is 0 Å². The maximum Gasteiger partial charge on any atom is 0.0565 e. The van der Waals surface area contributed by atoms with E-state index < -0.39 is 0 Å². The SMILES string of the molecule is Cc1ccc(C)c(C(N)c2cccc(C)c2Br)c1. The molecular weight excluding hydrogens is 286 g/mol. The summed E-state index contributed by atoms with van der Waals surface area (Å²) < 4.78 is 1.11. The Morgan fingerprint density at radius 1 is 0.944 bits per heavy atom. The molecule has 0 fully saturated rings. The van der Waals surface area contributed by atoms with Gasteiger partial charge < -0.3 is 5.73 Å². The predicted molar refractivity (Wildman–Crippen MR) is 80.8 cm³/mol. The van der Waals surface area contributed by atoms with Gasteiger partial charge in [0.25, 0.3) is 0 Å². The molecule has 0 saturated carbocycles. The van der Waals surface area contributed by atoms with E-state index in [-0.39, 0.29) is 6.04 Å². The van der Waals surface area contributed by atoms with Gasteiger partial charge in [-0.2, -0.15) is 0 Å². The summed E-state index contributed by atoms with van der Waals surface area (Å²) in [7, 11) is 0. The molecule has 0 aliphatic rings. The standard InChI is InChI=1S/C16H18BrN/c1-10-7-8-11(2)14(9-10)16(18)13-6-4-5-12(3)15(13)17/h4-9,16H,18H2,1-3H3. The minimum atomic E-state index is -0.0841. The van der Waals surface area contributed by atoms with Crippen LogP contribution in [0.1, 0.15) is 33.9 Å². The number of benzene rings is 2. The zero-order valence-electron chi connectivity index (χ0n) is 11.0. The van der Waals surface area contributed by atoms with Crippen molar-refractivity contribution in [2.75, 3.05) is 0 Å². The summed E-state index contributed by atoms with van der Waals surface area (Å²) in [6.07, 6.45) is 0. The first-order valence-corrected chi connectivity index (χ1v) is 6.87. The molecular formula is C16H18BrN. The minimum Gasteiger partial charge on any atom is -0.320 e. The molecule has 94 valence electrons. The Labute approximate surface area is 117 Å². The van der Waals surface area contributed by atoms with Crippen LogP contribution in [0.2, 0.25) is 0 Å². The lowest BCUT2D eigenvalue weighted by atomic mass is 9.93. The second-order valence-electron chi connectivity index (χ2n) is 4.82. The quantitative estimate of drug-likeness (QED) is 0.873. The molecule has 2 heteroatoms.